The monoisotopic (exact) mass is 413 g/mol. The molecule has 1 unspecified atom stereocenters. The normalized spacial score (nSPS) is 18.1. The van der Waals surface area contributed by atoms with Crippen molar-refractivity contribution in [1.82, 2.24) is 19.4 Å². The molecule has 29 heavy (non-hydrogen) atoms. The summed E-state index contributed by atoms with van der Waals surface area (Å²) in [5.74, 6) is 0.414. The van der Waals surface area contributed by atoms with E-state index in [0.29, 0.717) is 24.4 Å². The lowest BCUT2D eigenvalue weighted by molar-refractivity contribution is 0.251. The van der Waals surface area contributed by atoms with Crippen LogP contribution in [0.4, 0.5) is 5.95 Å². The smallest absolute Gasteiger partial charge is 0.249 e. The zero-order chi connectivity index (χ0) is 20.6. The second-order valence-electron chi connectivity index (χ2n) is 7.17. The number of nitrogens with two attached hydrogens (primary N) is 1. The maximum Gasteiger partial charge on any atom is 0.249 e. The van der Waals surface area contributed by atoms with Crippen LogP contribution in [0.25, 0.3) is 11.1 Å². The molecule has 1 aliphatic heterocycles. The van der Waals surface area contributed by atoms with E-state index in [9.17, 15) is 8.42 Å². The summed E-state index contributed by atoms with van der Waals surface area (Å²) in [7, 11) is -3.81. The second-order valence-corrected chi connectivity index (χ2v) is 9.00. The van der Waals surface area contributed by atoms with Crippen LogP contribution in [0, 0.1) is 13.8 Å². The molecule has 9 heteroatoms. The van der Waals surface area contributed by atoms with E-state index < -0.39 is 16.1 Å². The Morgan fingerprint density at radius 2 is 1.93 bits per heavy atom. The third kappa shape index (κ3) is 3.51. The van der Waals surface area contributed by atoms with Crippen LogP contribution in [0.15, 0.2) is 45.9 Å². The van der Waals surface area contributed by atoms with E-state index in [1.54, 1.807) is 20.0 Å². The topological polar surface area (TPSA) is 115 Å². The van der Waals surface area contributed by atoms with Crippen LogP contribution in [0.3, 0.4) is 0 Å². The van der Waals surface area contributed by atoms with Crippen molar-refractivity contribution in [2.24, 2.45) is 0 Å². The van der Waals surface area contributed by atoms with Crippen LogP contribution < -0.4 is 5.73 Å². The fourth-order valence-electron chi connectivity index (χ4n) is 3.93. The molecule has 0 saturated carbocycles. The zero-order valence-corrected chi connectivity index (χ0v) is 17.2. The number of piperidine rings is 1. The van der Waals surface area contributed by atoms with Crippen molar-refractivity contribution in [3.8, 4) is 11.1 Å². The number of nitrogen functional groups attached to an aromatic ring is 1. The molecule has 1 aromatic carbocycles. The maximum atomic E-state index is 13.6. The molecule has 4 rings (SSSR count). The van der Waals surface area contributed by atoms with Crippen molar-refractivity contribution in [1.29, 1.82) is 0 Å². The summed E-state index contributed by atoms with van der Waals surface area (Å²) in [5.41, 5.74) is 8.58. The SMILES string of the molecule is Cc1noc(C)c1S(=O)(=O)N1CCCCC1c1nc(N)ncc1-c1ccccc1. The van der Waals surface area contributed by atoms with Gasteiger partial charge in [0, 0.05) is 18.3 Å². The van der Waals surface area contributed by atoms with E-state index in [4.69, 9.17) is 10.3 Å². The molecule has 1 atom stereocenters. The number of rotatable bonds is 4. The minimum atomic E-state index is -3.81. The summed E-state index contributed by atoms with van der Waals surface area (Å²) >= 11 is 0. The van der Waals surface area contributed by atoms with Crippen molar-refractivity contribution in [3.63, 3.8) is 0 Å². The van der Waals surface area contributed by atoms with E-state index in [1.807, 2.05) is 30.3 Å². The van der Waals surface area contributed by atoms with Gasteiger partial charge in [-0.3, -0.25) is 0 Å². The van der Waals surface area contributed by atoms with Crippen molar-refractivity contribution in [3.05, 3.63) is 53.7 Å². The van der Waals surface area contributed by atoms with Gasteiger partial charge in [-0.2, -0.15) is 4.31 Å². The van der Waals surface area contributed by atoms with Crippen molar-refractivity contribution in [2.45, 2.75) is 44.0 Å². The number of nitrogens with zero attached hydrogens (tertiary/aromatic N) is 4. The number of aromatic nitrogens is 3. The predicted octanol–water partition coefficient (Wildman–Crippen LogP) is 3.25. The minimum Gasteiger partial charge on any atom is -0.368 e. The van der Waals surface area contributed by atoms with E-state index in [0.717, 1.165) is 24.0 Å². The van der Waals surface area contributed by atoms with Crippen LogP contribution in [0.5, 0.6) is 0 Å². The minimum absolute atomic E-state index is 0.125. The fraction of sp³-hybridized carbons (Fsp3) is 0.350. The van der Waals surface area contributed by atoms with Gasteiger partial charge in [-0.15, -0.1) is 0 Å². The summed E-state index contributed by atoms with van der Waals surface area (Å²) in [5, 5.41) is 3.83. The Balaban J connectivity index is 1.85. The van der Waals surface area contributed by atoms with Gasteiger partial charge in [-0.25, -0.2) is 18.4 Å². The quantitative estimate of drug-likeness (QED) is 0.698. The van der Waals surface area contributed by atoms with Gasteiger partial charge in [0.25, 0.3) is 0 Å². The van der Waals surface area contributed by atoms with Crippen LogP contribution in [-0.4, -0.2) is 34.4 Å². The average molecular weight is 414 g/mol. The summed E-state index contributed by atoms with van der Waals surface area (Å²) in [6.07, 6.45) is 4.00. The first kappa shape index (κ1) is 19.5. The maximum absolute atomic E-state index is 13.6. The van der Waals surface area contributed by atoms with Crippen LogP contribution in [0.1, 0.15) is 42.5 Å². The Hall–Kier alpha value is -2.78. The Kier molecular flexibility index (Phi) is 5.10. The van der Waals surface area contributed by atoms with E-state index >= 15 is 0 Å². The van der Waals surface area contributed by atoms with E-state index in [2.05, 4.69) is 15.1 Å². The fourth-order valence-corrected chi connectivity index (χ4v) is 5.88. The standard InChI is InChI=1S/C20H23N5O3S/c1-13-19(14(2)28-24-13)29(26,27)25-11-7-6-10-17(25)18-16(12-22-20(21)23-18)15-8-4-3-5-9-15/h3-5,8-9,12,17H,6-7,10-11H2,1-2H3,(H2,21,22,23). The Labute approximate surface area is 169 Å². The first-order chi connectivity index (χ1) is 13.9. The number of hydrogen-bond acceptors (Lipinski definition) is 7. The van der Waals surface area contributed by atoms with Crippen molar-refractivity contribution < 1.29 is 12.9 Å². The zero-order valence-electron chi connectivity index (χ0n) is 16.4. The van der Waals surface area contributed by atoms with Gasteiger partial charge in [-0.05, 0) is 32.3 Å². The molecular weight excluding hydrogens is 390 g/mol. The summed E-state index contributed by atoms with van der Waals surface area (Å²) in [6, 6.07) is 9.24. The molecule has 3 heterocycles. The van der Waals surface area contributed by atoms with Gasteiger partial charge in [0.15, 0.2) is 5.76 Å². The molecule has 8 nitrogen and oxygen atoms in total. The average Bonchev–Trinajstić information content (AvgIpc) is 3.07. The number of benzene rings is 1. The van der Waals surface area contributed by atoms with Crippen LogP contribution >= 0.6 is 0 Å². The molecular formula is C20H23N5O3S. The molecule has 3 aromatic rings. The van der Waals surface area contributed by atoms with Gasteiger partial charge >= 0.3 is 0 Å². The lowest BCUT2D eigenvalue weighted by Crippen LogP contribution is -2.39. The highest BCUT2D eigenvalue weighted by Gasteiger charge is 2.39. The summed E-state index contributed by atoms with van der Waals surface area (Å²) < 4.78 is 33.8. The third-order valence-corrected chi connectivity index (χ3v) is 7.38. The van der Waals surface area contributed by atoms with Gasteiger partial charge < -0.3 is 10.3 Å². The lowest BCUT2D eigenvalue weighted by atomic mass is 9.95. The van der Waals surface area contributed by atoms with E-state index in [1.165, 1.54) is 4.31 Å². The molecule has 0 spiro atoms. The lowest BCUT2D eigenvalue weighted by Gasteiger charge is -2.35. The van der Waals surface area contributed by atoms with E-state index in [-0.39, 0.29) is 16.6 Å². The van der Waals surface area contributed by atoms with Gasteiger partial charge in [-0.1, -0.05) is 41.9 Å². The van der Waals surface area contributed by atoms with Gasteiger partial charge in [0.1, 0.15) is 10.6 Å². The third-order valence-electron chi connectivity index (χ3n) is 5.23. The molecule has 152 valence electrons. The Bertz CT molecular complexity index is 1110. The number of anilines is 1. The molecule has 0 radical (unpaired) electrons. The highest BCUT2D eigenvalue weighted by molar-refractivity contribution is 7.89. The first-order valence-corrected chi connectivity index (χ1v) is 11.0. The Morgan fingerprint density at radius 1 is 1.17 bits per heavy atom. The second kappa shape index (κ2) is 7.57. The first-order valence-electron chi connectivity index (χ1n) is 9.52. The predicted molar refractivity (Wildman–Crippen MR) is 108 cm³/mol. The molecule has 0 amide bonds. The number of hydrogen-bond donors (Lipinski definition) is 1. The summed E-state index contributed by atoms with van der Waals surface area (Å²) in [6.45, 7) is 3.65. The van der Waals surface area contributed by atoms with Gasteiger partial charge in [0.05, 0.1) is 11.7 Å². The van der Waals surface area contributed by atoms with Gasteiger partial charge in [0.2, 0.25) is 16.0 Å². The highest BCUT2D eigenvalue weighted by atomic mass is 32.2. The molecule has 2 aromatic heterocycles. The van der Waals surface area contributed by atoms with Crippen molar-refractivity contribution in [2.75, 3.05) is 12.3 Å². The molecule has 0 bridgehead atoms. The molecule has 1 aliphatic rings. The summed E-state index contributed by atoms with van der Waals surface area (Å²) in [4.78, 5) is 8.77. The van der Waals surface area contributed by atoms with Crippen molar-refractivity contribution >= 4 is 16.0 Å². The molecule has 0 aliphatic carbocycles. The molecule has 1 saturated heterocycles. The number of sulfonamides is 1. The Morgan fingerprint density at radius 3 is 2.62 bits per heavy atom. The largest absolute Gasteiger partial charge is 0.368 e. The van der Waals surface area contributed by atoms with Crippen LogP contribution in [-0.2, 0) is 10.0 Å². The molecule has 1 fully saturated rings. The van der Waals surface area contributed by atoms with Crippen LogP contribution in [0.2, 0.25) is 0 Å². The highest BCUT2D eigenvalue weighted by Crippen LogP contribution is 2.39. The molecule has 2 N–H and O–H groups in total. The number of aryl methyl sites for hydroxylation is 2.